The van der Waals surface area contributed by atoms with Crippen LogP contribution in [0.25, 0.3) is 0 Å². The summed E-state index contributed by atoms with van der Waals surface area (Å²) in [5.41, 5.74) is 1.31. The fourth-order valence-electron chi connectivity index (χ4n) is 2.22. The third kappa shape index (κ3) is 5.43. The fourth-order valence-corrected chi connectivity index (χ4v) is 2.22. The molecule has 1 fully saturated rings. The van der Waals surface area contributed by atoms with Crippen molar-refractivity contribution < 1.29 is 9.53 Å². The third-order valence-electron chi connectivity index (χ3n) is 3.40. The number of nitrogens with zero attached hydrogens (tertiary/aromatic N) is 1. The van der Waals surface area contributed by atoms with Gasteiger partial charge < -0.3 is 4.74 Å². The normalized spacial score (nSPS) is 14.6. The lowest BCUT2D eigenvalue weighted by Crippen LogP contribution is -2.28. The summed E-state index contributed by atoms with van der Waals surface area (Å²) in [4.78, 5) is 13.8. The minimum absolute atomic E-state index is 0.0867. The van der Waals surface area contributed by atoms with Crippen LogP contribution in [0.5, 0.6) is 0 Å². The van der Waals surface area contributed by atoms with E-state index in [1.807, 2.05) is 13.0 Å². The minimum atomic E-state index is -0.0867. The molecule has 0 aliphatic heterocycles. The second-order valence-corrected chi connectivity index (χ2v) is 5.22. The van der Waals surface area contributed by atoms with Crippen LogP contribution < -0.4 is 0 Å². The number of benzene rings is 1. The van der Waals surface area contributed by atoms with E-state index in [9.17, 15) is 4.79 Å². The molecule has 0 heterocycles. The monoisotopic (exact) mass is 261 g/mol. The minimum Gasteiger partial charge on any atom is -0.466 e. The number of esters is 1. The van der Waals surface area contributed by atoms with Gasteiger partial charge in [-0.1, -0.05) is 30.3 Å². The van der Waals surface area contributed by atoms with Gasteiger partial charge in [0, 0.05) is 19.6 Å². The Morgan fingerprint density at radius 3 is 2.68 bits per heavy atom. The van der Waals surface area contributed by atoms with Crippen molar-refractivity contribution in [1.29, 1.82) is 0 Å². The molecule has 1 aliphatic carbocycles. The van der Waals surface area contributed by atoms with Crippen LogP contribution in [0.15, 0.2) is 30.3 Å². The van der Waals surface area contributed by atoms with Crippen LogP contribution in [0.2, 0.25) is 0 Å². The van der Waals surface area contributed by atoms with Crippen molar-refractivity contribution in [2.45, 2.75) is 32.7 Å². The first-order chi connectivity index (χ1) is 9.28. The molecule has 3 heteroatoms. The van der Waals surface area contributed by atoms with E-state index in [-0.39, 0.29) is 5.97 Å². The Kier molecular flexibility index (Phi) is 5.40. The Morgan fingerprint density at radius 1 is 1.32 bits per heavy atom. The lowest BCUT2D eigenvalue weighted by Gasteiger charge is -2.21. The molecule has 1 saturated carbocycles. The predicted octanol–water partition coefficient (Wildman–Crippen LogP) is 2.85. The van der Waals surface area contributed by atoms with Gasteiger partial charge in [0.2, 0.25) is 0 Å². The van der Waals surface area contributed by atoms with E-state index in [2.05, 4.69) is 29.2 Å². The average Bonchev–Trinajstić information content (AvgIpc) is 3.21. The van der Waals surface area contributed by atoms with Gasteiger partial charge in [0.05, 0.1) is 13.0 Å². The van der Waals surface area contributed by atoms with Crippen LogP contribution in [0.1, 0.15) is 31.7 Å². The van der Waals surface area contributed by atoms with Crippen LogP contribution in [-0.4, -0.2) is 30.6 Å². The summed E-state index contributed by atoms with van der Waals surface area (Å²) < 4.78 is 5.00. The predicted molar refractivity (Wildman–Crippen MR) is 75.7 cm³/mol. The molecule has 0 saturated heterocycles. The van der Waals surface area contributed by atoms with Gasteiger partial charge in [-0.15, -0.1) is 0 Å². The maximum atomic E-state index is 11.5. The molecule has 0 atom stereocenters. The van der Waals surface area contributed by atoms with Crippen molar-refractivity contribution in [3.8, 4) is 0 Å². The van der Waals surface area contributed by atoms with Gasteiger partial charge in [-0.25, -0.2) is 0 Å². The maximum absolute atomic E-state index is 11.5. The molecular formula is C16H23NO2. The highest BCUT2D eigenvalue weighted by Crippen LogP contribution is 2.30. The van der Waals surface area contributed by atoms with Crippen molar-refractivity contribution in [3.63, 3.8) is 0 Å². The average molecular weight is 261 g/mol. The fraction of sp³-hybridized carbons (Fsp3) is 0.562. The van der Waals surface area contributed by atoms with E-state index in [0.29, 0.717) is 13.0 Å². The molecule has 1 aliphatic rings. The van der Waals surface area contributed by atoms with Gasteiger partial charge in [0.25, 0.3) is 0 Å². The first kappa shape index (κ1) is 14.1. The molecule has 19 heavy (non-hydrogen) atoms. The summed E-state index contributed by atoms with van der Waals surface area (Å²) in [5.74, 6) is 0.752. The molecule has 0 unspecified atom stereocenters. The highest BCUT2D eigenvalue weighted by molar-refractivity contribution is 5.69. The number of carbonyl (C=O) groups is 1. The SMILES string of the molecule is CCOC(=O)CCN(Cc1ccccc1)CC1CC1. The van der Waals surface area contributed by atoms with Crippen LogP contribution >= 0.6 is 0 Å². The first-order valence-corrected chi connectivity index (χ1v) is 7.20. The van der Waals surface area contributed by atoms with Gasteiger partial charge in [-0.2, -0.15) is 0 Å². The Bertz CT molecular complexity index is 387. The Morgan fingerprint density at radius 2 is 2.05 bits per heavy atom. The van der Waals surface area contributed by atoms with Gasteiger partial charge in [-0.05, 0) is 31.2 Å². The van der Waals surface area contributed by atoms with E-state index in [4.69, 9.17) is 4.74 Å². The van der Waals surface area contributed by atoms with Crippen LogP contribution in [-0.2, 0) is 16.1 Å². The van der Waals surface area contributed by atoms with Crippen molar-refractivity contribution in [2.75, 3.05) is 19.7 Å². The molecule has 0 N–H and O–H groups in total. The molecule has 0 aromatic heterocycles. The van der Waals surface area contributed by atoms with Gasteiger partial charge in [-0.3, -0.25) is 9.69 Å². The first-order valence-electron chi connectivity index (χ1n) is 7.20. The van der Waals surface area contributed by atoms with Crippen molar-refractivity contribution in [1.82, 2.24) is 4.90 Å². The summed E-state index contributed by atoms with van der Waals surface area (Å²) in [7, 11) is 0. The zero-order valence-corrected chi connectivity index (χ0v) is 11.7. The summed E-state index contributed by atoms with van der Waals surface area (Å²) in [6.45, 7) is 5.15. The summed E-state index contributed by atoms with van der Waals surface area (Å²) in [6, 6.07) is 10.5. The molecular weight excluding hydrogens is 238 g/mol. The maximum Gasteiger partial charge on any atom is 0.307 e. The number of hydrogen-bond donors (Lipinski definition) is 0. The number of rotatable bonds is 8. The number of carbonyl (C=O) groups excluding carboxylic acids is 1. The smallest absolute Gasteiger partial charge is 0.307 e. The Labute approximate surface area is 115 Å². The Hall–Kier alpha value is -1.35. The van der Waals surface area contributed by atoms with Gasteiger partial charge >= 0.3 is 5.97 Å². The number of hydrogen-bond acceptors (Lipinski definition) is 3. The lowest BCUT2D eigenvalue weighted by atomic mass is 10.2. The highest BCUT2D eigenvalue weighted by Gasteiger charge is 2.24. The van der Waals surface area contributed by atoms with Crippen LogP contribution in [0.4, 0.5) is 0 Å². The third-order valence-corrected chi connectivity index (χ3v) is 3.40. The molecule has 0 radical (unpaired) electrons. The molecule has 2 rings (SSSR count). The molecule has 1 aromatic carbocycles. The van der Waals surface area contributed by atoms with Crippen molar-refractivity contribution in [2.24, 2.45) is 5.92 Å². The van der Waals surface area contributed by atoms with E-state index in [0.717, 1.165) is 25.6 Å². The molecule has 1 aromatic rings. The second-order valence-electron chi connectivity index (χ2n) is 5.22. The molecule has 3 nitrogen and oxygen atoms in total. The topological polar surface area (TPSA) is 29.5 Å². The molecule has 0 bridgehead atoms. The molecule has 104 valence electrons. The van der Waals surface area contributed by atoms with E-state index in [1.54, 1.807) is 0 Å². The largest absolute Gasteiger partial charge is 0.466 e. The zero-order valence-electron chi connectivity index (χ0n) is 11.7. The van der Waals surface area contributed by atoms with Crippen LogP contribution in [0, 0.1) is 5.92 Å². The van der Waals surface area contributed by atoms with Gasteiger partial charge in [0.1, 0.15) is 0 Å². The summed E-state index contributed by atoms with van der Waals surface area (Å²) in [6.07, 6.45) is 3.17. The lowest BCUT2D eigenvalue weighted by molar-refractivity contribution is -0.143. The van der Waals surface area contributed by atoms with E-state index >= 15 is 0 Å². The van der Waals surface area contributed by atoms with E-state index < -0.39 is 0 Å². The van der Waals surface area contributed by atoms with Crippen LogP contribution in [0.3, 0.4) is 0 Å². The standard InChI is InChI=1S/C16H23NO2/c1-2-19-16(18)10-11-17(13-15-8-9-15)12-14-6-4-3-5-7-14/h3-7,15H,2,8-13H2,1H3. The number of ether oxygens (including phenoxy) is 1. The summed E-state index contributed by atoms with van der Waals surface area (Å²) >= 11 is 0. The summed E-state index contributed by atoms with van der Waals surface area (Å²) in [5, 5.41) is 0. The molecule has 0 spiro atoms. The van der Waals surface area contributed by atoms with Gasteiger partial charge in [0.15, 0.2) is 0 Å². The highest BCUT2D eigenvalue weighted by atomic mass is 16.5. The second kappa shape index (κ2) is 7.29. The molecule has 0 amide bonds. The Balaban J connectivity index is 1.82. The quantitative estimate of drug-likeness (QED) is 0.674. The van der Waals surface area contributed by atoms with Crippen molar-refractivity contribution >= 4 is 5.97 Å². The zero-order chi connectivity index (χ0) is 13.5. The van der Waals surface area contributed by atoms with Crippen molar-refractivity contribution in [3.05, 3.63) is 35.9 Å². The van der Waals surface area contributed by atoms with E-state index in [1.165, 1.54) is 18.4 Å².